The maximum atomic E-state index is 13.0. The fourth-order valence-corrected chi connectivity index (χ4v) is 5.52. The Morgan fingerprint density at radius 3 is 2.76 bits per heavy atom. The molecule has 3 rings (SSSR count). The Bertz CT molecular complexity index is 869. The van der Waals surface area contributed by atoms with Crippen molar-refractivity contribution in [1.82, 2.24) is 19.7 Å². The summed E-state index contributed by atoms with van der Waals surface area (Å²) in [5.74, 6) is -0.174. The summed E-state index contributed by atoms with van der Waals surface area (Å²) in [6, 6.07) is -0.785. The van der Waals surface area contributed by atoms with Crippen LogP contribution in [0.5, 0.6) is 0 Å². The molecular weight excluding hydrogens is 366 g/mol. The lowest BCUT2D eigenvalue weighted by Gasteiger charge is -2.22. The Kier molecular flexibility index (Phi) is 4.89. The van der Waals surface area contributed by atoms with Gasteiger partial charge in [-0.1, -0.05) is 23.4 Å². The van der Waals surface area contributed by atoms with Crippen molar-refractivity contribution in [3.63, 3.8) is 0 Å². The highest BCUT2D eigenvalue weighted by atomic mass is 32.2. The van der Waals surface area contributed by atoms with Gasteiger partial charge in [-0.15, -0.1) is 10.2 Å². The Hall–Kier alpha value is -1.85. The van der Waals surface area contributed by atoms with Crippen molar-refractivity contribution in [3.05, 3.63) is 16.5 Å². The summed E-state index contributed by atoms with van der Waals surface area (Å²) in [5.41, 5.74) is 0.292. The van der Waals surface area contributed by atoms with Crippen molar-refractivity contribution in [1.29, 1.82) is 0 Å². The highest BCUT2D eigenvalue weighted by Gasteiger charge is 2.42. The molecule has 0 aromatic carbocycles. The second kappa shape index (κ2) is 6.81. The van der Waals surface area contributed by atoms with Crippen LogP contribution in [-0.4, -0.2) is 46.6 Å². The zero-order valence-electron chi connectivity index (χ0n) is 14.1. The molecule has 9 nitrogen and oxygen atoms in total. The number of aryl methyl sites for hydroxylation is 3. The van der Waals surface area contributed by atoms with Crippen LogP contribution < -0.4 is 5.32 Å². The standard InChI is InChI=1S/C14H19N5O4S2/c1-4-11-16-17-14(24-11)15-13(20)10-6-5-7-19(10)25(21,22)12-8(2)18-23-9(12)3/h10H,4-7H2,1-3H3,(H,15,17,20). The number of nitrogens with one attached hydrogen (secondary N) is 1. The molecule has 2 aromatic heterocycles. The van der Waals surface area contributed by atoms with Crippen molar-refractivity contribution in [2.24, 2.45) is 0 Å². The monoisotopic (exact) mass is 385 g/mol. The summed E-state index contributed by atoms with van der Waals surface area (Å²) in [4.78, 5) is 12.6. The summed E-state index contributed by atoms with van der Waals surface area (Å²) in [6.45, 7) is 5.34. The molecule has 1 amide bonds. The fourth-order valence-electron chi connectivity index (χ4n) is 2.89. The molecule has 0 radical (unpaired) electrons. The van der Waals surface area contributed by atoms with E-state index in [1.807, 2.05) is 6.92 Å². The van der Waals surface area contributed by atoms with Gasteiger partial charge in [0.15, 0.2) is 5.76 Å². The summed E-state index contributed by atoms with van der Waals surface area (Å²) in [7, 11) is -3.86. The van der Waals surface area contributed by atoms with E-state index in [9.17, 15) is 13.2 Å². The van der Waals surface area contributed by atoms with Crippen LogP contribution in [-0.2, 0) is 21.2 Å². The van der Waals surface area contributed by atoms with Gasteiger partial charge in [-0.3, -0.25) is 10.1 Å². The van der Waals surface area contributed by atoms with E-state index in [0.29, 0.717) is 23.7 Å². The maximum Gasteiger partial charge on any atom is 0.249 e. The fraction of sp³-hybridized carbons (Fsp3) is 0.571. The first-order valence-corrected chi connectivity index (χ1v) is 10.2. The zero-order chi connectivity index (χ0) is 18.2. The number of anilines is 1. The molecule has 136 valence electrons. The molecule has 3 heterocycles. The first-order valence-electron chi connectivity index (χ1n) is 7.92. The Morgan fingerprint density at radius 1 is 1.40 bits per heavy atom. The number of rotatable bonds is 5. The van der Waals surface area contributed by atoms with Crippen LogP contribution in [0.4, 0.5) is 5.13 Å². The Labute approximate surface area is 149 Å². The molecular formula is C14H19N5O4S2. The third-order valence-corrected chi connectivity index (χ3v) is 7.18. The number of amides is 1. The normalized spacial score (nSPS) is 18.6. The highest BCUT2D eigenvalue weighted by molar-refractivity contribution is 7.89. The molecule has 1 N–H and O–H groups in total. The van der Waals surface area contributed by atoms with E-state index >= 15 is 0 Å². The molecule has 1 atom stereocenters. The number of aromatic nitrogens is 3. The topological polar surface area (TPSA) is 118 Å². The van der Waals surface area contributed by atoms with E-state index in [0.717, 1.165) is 11.4 Å². The van der Waals surface area contributed by atoms with Gasteiger partial charge in [-0.05, 0) is 33.1 Å². The molecule has 1 unspecified atom stereocenters. The zero-order valence-corrected chi connectivity index (χ0v) is 15.8. The predicted octanol–water partition coefficient (Wildman–Crippen LogP) is 1.50. The highest BCUT2D eigenvalue weighted by Crippen LogP contribution is 2.30. The lowest BCUT2D eigenvalue weighted by molar-refractivity contribution is -0.119. The van der Waals surface area contributed by atoms with E-state index in [1.165, 1.54) is 15.6 Å². The maximum absolute atomic E-state index is 13.0. The number of carbonyl (C=O) groups is 1. The quantitative estimate of drug-likeness (QED) is 0.828. The lowest BCUT2D eigenvalue weighted by atomic mass is 10.2. The predicted molar refractivity (Wildman–Crippen MR) is 90.8 cm³/mol. The van der Waals surface area contributed by atoms with Gasteiger partial charge in [0, 0.05) is 6.54 Å². The lowest BCUT2D eigenvalue weighted by Crippen LogP contribution is -2.43. The molecule has 0 aliphatic carbocycles. The number of hydrogen-bond acceptors (Lipinski definition) is 8. The molecule has 0 spiro atoms. The van der Waals surface area contributed by atoms with Gasteiger partial charge in [0.2, 0.25) is 21.1 Å². The van der Waals surface area contributed by atoms with Crippen molar-refractivity contribution < 1.29 is 17.7 Å². The van der Waals surface area contributed by atoms with E-state index < -0.39 is 22.0 Å². The van der Waals surface area contributed by atoms with E-state index in [1.54, 1.807) is 13.8 Å². The third-order valence-electron chi connectivity index (χ3n) is 4.04. The molecule has 0 bridgehead atoms. The third kappa shape index (κ3) is 3.31. The molecule has 2 aromatic rings. The van der Waals surface area contributed by atoms with Crippen LogP contribution in [0.15, 0.2) is 9.42 Å². The van der Waals surface area contributed by atoms with Gasteiger partial charge in [-0.2, -0.15) is 4.31 Å². The minimum atomic E-state index is -3.86. The van der Waals surface area contributed by atoms with Crippen LogP contribution >= 0.6 is 11.3 Å². The van der Waals surface area contributed by atoms with Crippen molar-refractivity contribution in [3.8, 4) is 0 Å². The Balaban J connectivity index is 1.83. The number of hydrogen-bond donors (Lipinski definition) is 1. The summed E-state index contributed by atoms with van der Waals surface area (Å²) in [6.07, 6.45) is 1.79. The minimum Gasteiger partial charge on any atom is -0.360 e. The molecule has 0 saturated carbocycles. The molecule has 11 heteroatoms. The average Bonchev–Trinajstić information content (AvgIpc) is 3.27. The summed E-state index contributed by atoms with van der Waals surface area (Å²) >= 11 is 1.28. The molecule has 25 heavy (non-hydrogen) atoms. The van der Waals surface area contributed by atoms with E-state index in [2.05, 4.69) is 20.7 Å². The van der Waals surface area contributed by atoms with Gasteiger partial charge in [0.25, 0.3) is 0 Å². The van der Waals surface area contributed by atoms with Crippen LogP contribution in [0, 0.1) is 13.8 Å². The smallest absolute Gasteiger partial charge is 0.249 e. The molecule has 1 aliphatic heterocycles. The second-order valence-electron chi connectivity index (χ2n) is 5.77. The second-order valence-corrected chi connectivity index (χ2v) is 8.66. The van der Waals surface area contributed by atoms with E-state index in [-0.39, 0.29) is 17.2 Å². The first-order chi connectivity index (χ1) is 11.8. The van der Waals surface area contributed by atoms with Crippen molar-refractivity contribution in [2.75, 3.05) is 11.9 Å². The summed E-state index contributed by atoms with van der Waals surface area (Å²) in [5, 5.41) is 15.4. The SMILES string of the molecule is CCc1nnc(NC(=O)C2CCCN2S(=O)(=O)c2c(C)noc2C)s1. The molecule has 1 aliphatic rings. The number of sulfonamides is 1. The van der Waals surface area contributed by atoms with E-state index in [4.69, 9.17) is 4.52 Å². The number of carbonyl (C=O) groups excluding carboxylic acids is 1. The van der Waals surface area contributed by atoms with Crippen LogP contribution in [0.25, 0.3) is 0 Å². The van der Waals surface area contributed by atoms with Gasteiger partial charge >= 0.3 is 0 Å². The van der Waals surface area contributed by atoms with Crippen molar-refractivity contribution in [2.45, 2.75) is 51.0 Å². The Morgan fingerprint density at radius 2 is 2.16 bits per heavy atom. The molecule has 1 saturated heterocycles. The van der Waals surface area contributed by atoms with Crippen LogP contribution in [0.2, 0.25) is 0 Å². The summed E-state index contributed by atoms with van der Waals surface area (Å²) < 4.78 is 32.1. The minimum absolute atomic E-state index is 0.0383. The van der Waals surface area contributed by atoms with Crippen LogP contribution in [0.3, 0.4) is 0 Å². The van der Waals surface area contributed by atoms with Gasteiger partial charge in [-0.25, -0.2) is 8.42 Å². The molecule has 1 fully saturated rings. The first kappa shape index (κ1) is 18.0. The van der Waals surface area contributed by atoms with Crippen LogP contribution in [0.1, 0.15) is 36.2 Å². The largest absolute Gasteiger partial charge is 0.360 e. The van der Waals surface area contributed by atoms with Crippen molar-refractivity contribution >= 4 is 32.4 Å². The van der Waals surface area contributed by atoms with Gasteiger partial charge in [0.1, 0.15) is 21.6 Å². The number of nitrogens with zero attached hydrogens (tertiary/aromatic N) is 4. The van der Waals surface area contributed by atoms with Gasteiger partial charge in [0.05, 0.1) is 0 Å². The average molecular weight is 385 g/mol. The van der Waals surface area contributed by atoms with Gasteiger partial charge < -0.3 is 4.52 Å².